The summed E-state index contributed by atoms with van der Waals surface area (Å²) in [5, 5.41) is 2.91. The van der Waals surface area contributed by atoms with E-state index in [-0.39, 0.29) is 18.0 Å². The van der Waals surface area contributed by atoms with E-state index in [9.17, 15) is 13.2 Å². The molecule has 0 aromatic heterocycles. The summed E-state index contributed by atoms with van der Waals surface area (Å²) in [7, 11) is -2.03. The fourth-order valence-electron chi connectivity index (χ4n) is 3.58. The summed E-state index contributed by atoms with van der Waals surface area (Å²) in [6.45, 7) is 7.91. The van der Waals surface area contributed by atoms with Crippen molar-refractivity contribution in [1.82, 2.24) is 5.32 Å². The van der Waals surface area contributed by atoms with Crippen LogP contribution in [0.5, 0.6) is 11.5 Å². The molecule has 2 aromatic carbocycles. The van der Waals surface area contributed by atoms with Crippen molar-refractivity contribution in [2.75, 3.05) is 24.2 Å². The second-order valence-electron chi connectivity index (χ2n) is 8.81. The molecule has 1 heterocycles. The summed E-state index contributed by atoms with van der Waals surface area (Å²) in [4.78, 5) is 13.0. The topological polar surface area (TPSA) is 84.9 Å². The number of fused-ring (bicyclic) bond motifs is 1. The second kappa shape index (κ2) is 8.42. The number of carbonyl (C=O) groups is 1. The molecule has 1 amide bonds. The van der Waals surface area contributed by atoms with Gasteiger partial charge in [-0.25, -0.2) is 8.42 Å². The maximum Gasteiger partial charge on any atom is 0.263 e. The van der Waals surface area contributed by atoms with Crippen molar-refractivity contribution >= 4 is 21.6 Å². The predicted molar refractivity (Wildman–Crippen MR) is 121 cm³/mol. The maximum absolute atomic E-state index is 13.0. The third kappa shape index (κ3) is 4.95. The molecule has 0 fully saturated rings. The van der Waals surface area contributed by atoms with Gasteiger partial charge >= 0.3 is 0 Å². The minimum atomic E-state index is -3.61. The predicted octanol–water partition coefficient (Wildman–Crippen LogP) is 3.40. The molecule has 0 spiro atoms. The number of hydrogen-bond acceptors (Lipinski definition) is 5. The monoisotopic (exact) mass is 446 g/mol. The third-order valence-corrected chi connectivity index (χ3v) is 6.50. The van der Waals surface area contributed by atoms with Crippen molar-refractivity contribution in [3.63, 3.8) is 0 Å². The summed E-state index contributed by atoms with van der Waals surface area (Å²) in [5.74, 6) is 0.644. The molecule has 168 valence electrons. The van der Waals surface area contributed by atoms with Gasteiger partial charge in [0.05, 0.1) is 31.6 Å². The Balaban J connectivity index is 1.88. The zero-order chi connectivity index (χ0) is 23.0. The fraction of sp³-hybridized carbons (Fsp3) is 0.435. The van der Waals surface area contributed by atoms with Gasteiger partial charge in [0.2, 0.25) is 10.0 Å². The minimum absolute atomic E-state index is 0.0933. The Morgan fingerprint density at radius 1 is 1.23 bits per heavy atom. The molecule has 0 unspecified atom stereocenters. The lowest BCUT2D eigenvalue weighted by atomic mass is 9.86. The van der Waals surface area contributed by atoms with Gasteiger partial charge in [0.1, 0.15) is 11.5 Å². The molecule has 0 saturated carbocycles. The van der Waals surface area contributed by atoms with E-state index in [1.807, 2.05) is 43.3 Å². The molecular formula is C23H30N2O5S. The molecule has 8 heteroatoms. The van der Waals surface area contributed by atoms with Crippen LogP contribution < -0.4 is 19.1 Å². The lowest BCUT2D eigenvalue weighted by Gasteiger charge is -2.35. The third-order valence-electron chi connectivity index (χ3n) is 5.35. The van der Waals surface area contributed by atoms with Gasteiger partial charge in [-0.05, 0) is 36.1 Å². The van der Waals surface area contributed by atoms with E-state index in [0.29, 0.717) is 17.2 Å². The summed E-state index contributed by atoms with van der Waals surface area (Å²) in [6, 6.07) is 12.5. The van der Waals surface area contributed by atoms with Crippen molar-refractivity contribution in [3.8, 4) is 11.5 Å². The maximum atomic E-state index is 13.0. The Morgan fingerprint density at radius 2 is 1.90 bits per heavy atom. The van der Waals surface area contributed by atoms with Gasteiger partial charge in [-0.1, -0.05) is 45.0 Å². The SMILES string of the molecule is COc1ccccc1[C@H](C)NC(=O)[C@@H]1CN(S(C)(=O)=O)c2cc(C(C)(C)C)ccc2O1. The normalized spacial score (nSPS) is 17.4. The van der Waals surface area contributed by atoms with Crippen LogP contribution in [0, 0.1) is 0 Å². The second-order valence-corrected chi connectivity index (χ2v) is 10.7. The van der Waals surface area contributed by atoms with Crippen molar-refractivity contribution in [1.29, 1.82) is 0 Å². The number of carbonyl (C=O) groups excluding carboxylic acids is 1. The molecule has 31 heavy (non-hydrogen) atoms. The van der Waals surface area contributed by atoms with E-state index < -0.39 is 22.0 Å². The van der Waals surface area contributed by atoms with Gasteiger partial charge in [0.15, 0.2) is 6.10 Å². The van der Waals surface area contributed by atoms with Crippen LogP contribution in [0.15, 0.2) is 42.5 Å². The molecule has 0 saturated heterocycles. The number of nitrogens with zero attached hydrogens (tertiary/aromatic N) is 1. The van der Waals surface area contributed by atoms with Crippen LogP contribution in [0.25, 0.3) is 0 Å². The van der Waals surface area contributed by atoms with E-state index >= 15 is 0 Å². The first-order valence-electron chi connectivity index (χ1n) is 10.1. The highest BCUT2D eigenvalue weighted by molar-refractivity contribution is 7.92. The fourth-order valence-corrected chi connectivity index (χ4v) is 4.48. The van der Waals surface area contributed by atoms with Crippen molar-refractivity contribution in [2.45, 2.75) is 45.3 Å². The summed E-state index contributed by atoms with van der Waals surface area (Å²) >= 11 is 0. The van der Waals surface area contributed by atoms with Crippen LogP contribution >= 0.6 is 0 Å². The Labute approximate surface area is 184 Å². The van der Waals surface area contributed by atoms with Gasteiger partial charge in [0, 0.05) is 5.56 Å². The van der Waals surface area contributed by atoms with Crippen LogP contribution in [0.3, 0.4) is 0 Å². The van der Waals surface area contributed by atoms with Crippen molar-refractivity contribution in [3.05, 3.63) is 53.6 Å². The highest BCUT2D eigenvalue weighted by atomic mass is 32.2. The van der Waals surface area contributed by atoms with Crippen LogP contribution in [0.1, 0.15) is 44.9 Å². The summed E-state index contributed by atoms with van der Waals surface area (Å²) in [6.07, 6.45) is 0.165. The largest absolute Gasteiger partial charge is 0.496 e. The molecule has 0 bridgehead atoms. The standard InChI is InChI=1S/C23H30N2O5S/c1-15(17-9-7-8-10-19(17)29-5)24-22(26)21-14-25(31(6,27)28)18-13-16(23(2,3)4)11-12-20(18)30-21/h7-13,15,21H,14H2,1-6H3,(H,24,26)/t15-,21-/m0/s1. The number of ether oxygens (including phenoxy) is 2. The van der Waals surface area contributed by atoms with Gasteiger partial charge in [-0.3, -0.25) is 9.10 Å². The van der Waals surface area contributed by atoms with E-state index in [1.165, 1.54) is 4.31 Å². The van der Waals surface area contributed by atoms with Crippen LogP contribution in [0.2, 0.25) is 0 Å². The highest BCUT2D eigenvalue weighted by Gasteiger charge is 2.36. The summed E-state index contributed by atoms with van der Waals surface area (Å²) in [5.41, 5.74) is 2.11. The Morgan fingerprint density at radius 3 is 2.52 bits per heavy atom. The lowest BCUT2D eigenvalue weighted by Crippen LogP contribution is -2.50. The number of methoxy groups -OCH3 is 1. The molecule has 1 aliphatic rings. The Kier molecular flexibility index (Phi) is 6.23. The number of nitrogens with one attached hydrogen (secondary N) is 1. The quantitative estimate of drug-likeness (QED) is 0.761. The molecule has 0 aliphatic carbocycles. The van der Waals surface area contributed by atoms with Crippen molar-refractivity contribution in [2.24, 2.45) is 0 Å². The number of anilines is 1. The lowest BCUT2D eigenvalue weighted by molar-refractivity contribution is -0.128. The van der Waals surface area contributed by atoms with E-state index in [1.54, 1.807) is 13.2 Å². The zero-order valence-electron chi connectivity index (χ0n) is 18.8. The first-order valence-corrected chi connectivity index (χ1v) is 12.0. The van der Waals surface area contributed by atoms with Crippen LogP contribution in [-0.4, -0.2) is 40.3 Å². The molecule has 7 nitrogen and oxygen atoms in total. The smallest absolute Gasteiger partial charge is 0.263 e. The number of benzene rings is 2. The van der Waals surface area contributed by atoms with E-state index in [4.69, 9.17) is 9.47 Å². The highest BCUT2D eigenvalue weighted by Crippen LogP contribution is 2.38. The molecule has 2 atom stereocenters. The minimum Gasteiger partial charge on any atom is -0.496 e. The van der Waals surface area contributed by atoms with Crippen molar-refractivity contribution < 1.29 is 22.7 Å². The van der Waals surface area contributed by atoms with Gasteiger partial charge < -0.3 is 14.8 Å². The average Bonchev–Trinajstić information content (AvgIpc) is 2.70. The molecule has 0 radical (unpaired) electrons. The van der Waals surface area contributed by atoms with Gasteiger partial charge in [-0.2, -0.15) is 0 Å². The number of amides is 1. The Hall–Kier alpha value is -2.74. The Bertz CT molecular complexity index is 1080. The van der Waals surface area contributed by atoms with Gasteiger partial charge in [-0.15, -0.1) is 0 Å². The summed E-state index contributed by atoms with van der Waals surface area (Å²) < 4.78 is 37.6. The number of sulfonamides is 1. The first-order chi connectivity index (χ1) is 14.4. The molecule has 1 N–H and O–H groups in total. The van der Waals surface area contributed by atoms with E-state index in [2.05, 4.69) is 26.1 Å². The number of rotatable bonds is 5. The number of hydrogen-bond donors (Lipinski definition) is 1. The average molecular weight is 447 g/mol. The molecule has 1 aliphatic heterocycles. The molecule has 2 aromatic rings. The first kappa shape index (κ1) is 22.9. The van der Waals surface area contributed by atoms with Gasteiger partial charge in [0.25, 0.3) is 5.91 Å². The molecular weight excluding hydrogens is 416 g/mol. The van der Waals surface area contributed by atoms with Crippen LogP contribution in [0.4, 0.5) is 5.69 Å². The zero-order valence-corrected chi connectivity index (χ0v) is 19.6. The van der Waals surface area contributed by atoms with Crippen LogP contribution in [-0.2, 0) is 20.2 Å². The molecule has 3 rings (SSSR count). The number of para-hydroxylation sites is 1. The van der Waals surface area contributed by atoms with E-state index in [0.717, 1.165) is 17.4 Å².